The first kappa shape index (κ1) is 24.3. The molecule has 1 amide bonds. The Balaban J connectivity index is 1.54. The number of nitrogens with zero attached hydrogens (tertiary/aromatic N) is 3. The minimum atomic E-state index is -0.140. The van der Waals surface area contributed by atoms with Crippen molar-refractivity contribution in [1.82, 2.24) is 14.8 Å². The molecule has 1 aromatic heterocycles. The van der Waals surface area contributed by atoms with E-state index in [-0.39, 0.29) is 11.7 Å². The zero-order valence-electron chi connectivity index (χ0n) is 19.8. The van der Waals surface area contributed by atoms with Gasteiger partial charge in [0.25, 0.3) is 0 Å². The lowest BCUT2D eigenvalue weighted by molar-refractivity contribution is -0.113. The Hall–Kier alpha value is -3.78. The monoisotopic (exact) mass is 488 g/mol. The highest BCUT2D eigenvalue weighted by Gasteiger charge is 2.19. The predicted molar refractivity (Wildman–Crippen MR) is 139 cm³/mol. The van der Waals surface area contributed by atoms with Gasteiger partial charge in [-0.15, -0.1) is 10.2 Å². The van der Waals surface area contributed by atoms with E-state index in [1.807, 2.05) is 73.7 Å². The van der Waals surface area contributed by atoms with Crippen molar-refractivity contribution in [3.63, 3.8) is 0 Å². The van der Waals surface area contributed by atoms with Crippen molar-refractivity contribution < 1.29 is 14.3 Å². The van der Waals surface area contributed by atoms with E-state index in [0.717, 1.165) is 17.7 Å². The largest absolute Gasteiger partial charge is 0.496 e. The number of aryl methyl sites for hydroxylation is 1. The van der Waals surface area contributed by atoms with Crippen LogP contribution in [0.2, 0.25) is 0 Å². The first-order chi connectivity index (χ1) is 17.2. The molecule has 4 rings (SSSR count). The maximum absolute atomic E-state index is 12.7. The van der Waals surface area contributed by atoms with E-state index in [0.29, 0.717) is 35.6 Å². The van der Waals surface area contributed by atoms with Crippen molar-refractivity contribution in [2.24, 2.45) is 0 Å². The van der Waals surface area contributed by atoms with Gasteiger partial charge in [-0.05, 0) is 43.2 Å². The quantitative estimate of drug-likeness (QED) is 0.288. The molecule has 0 aliphatic carbocycles. The first-order valence-corrected chi connectivity index (χ1v) is 12.4. The van der Waals surface area contributed by atoms with Gasteiger partial charge in [0.2, 0.25) is 5.91 Å². The number of carbonyl (C=O) groups is 1. The summed E-state index contributed by atoms with van der Waals surface area (Å²) in [5.74, 6) is 2.14. The molecule has 0 radical (unpaired) electrons. The third-order valence-electron chi connectivity index (χ3n) is 5.32. The maximum atomic E-state index is 12.7. The molecule has 0 saturated carbocycles. The van der Waals surface area contributed by atoms with Crippen LogP contribution in [0.15, 0.2) is 84.0 Å². The van der Waals surface area contributed by atoms with Crippen LogP contribution in [0, 0.1) is 0 Å². The molecule has 7 nitrogen and oxygen atoms in total. The van der Waals surface area contributed by atoms with E-state index in [1.54, 1.807) is 7.11 Å². The minimum absolute atomic E-state index is 0.140. The van der Waals surface area contributed by atoms with Crippen LogP contribution in [0.3, 0.4) is 0 Å². The minimum Gasteiger partial charge on any atom is -0.496 e. The lowest BCUT2D eigenvalue weighted by Gasteiger charge is -2.13. The topological polar surface area (TPSA) is 78.3 Å². The second kappa shape index (κ2) is 12.1. The Bertz CT molecular complexity index is 1260. The number of amides is 1. The number of ether oxygens (including phenoxy) is 2. The normalized spacial score (nSPS) is 10.7. The van der Waals surface area contributed by atoms with Gasteiger partial charge in [-0.1, -0.05) is 66.4 Å². The molecule has 8 heteroatoms. The number of rotatable bonds is 11. The summed E-state index contributed by atoms with van der Waals surface area (Å²) in [7, 11) is 1.64. The van der Waals surface area contributed by atoms with Crippen LogP contribution >= 0.6 is 11.8 Å². The van der Waals surface area contributed by atoms with Crippen molar-refractivity contribution in [3.05, 3.63) is 84.4 Å². The van der Waals surface area contributed by atoms with Crippen LogP contribution in [0.1, 0.15) is 12.5 Å². The average molecular weight is 489 g/mol. The lowest BCUT2D eigenvalue weighted by Crippen LogP contribution is -2.15. The SMILES string of the molecule is CCOc1ccccc1NC(=O)CSc1nnc(-c2ccccc2OC)n1CCc1ccccc1. The maximum Gasteiger partial charge on any atom is 0.234 e. The van der Waals surface area contributed by atoms with Crippen LogP contribution in [-0.4, -0.2) is 40.1 Å². The highest BCUT2D eigenvalue weighted by molar-refractivity contribution is 7.99. The van der Waals surface area contributed by atoms with Crippen molar-refractivity contribution in [1.29, 1.82) is 0 Å². The average Bonchev–Trinajstić information content (AvgIpc) is 3.30. The van der Waals surface area contributed by atoms with Crippen LogP contribution in [0.25, 0.3) is 11.4 Å². The summed E-state index contributed by atoms with van der Waals surface area (Å²) in [6, 6.07) is 25.4. The Morgan fingerprint density at radius 3 is 2.43 bits per heavy atom. The Labute approximate surface area is 209 Å². The molecular weight excluding hydrogens is 460 g/mol. The fourth-order valence-corrected chi connectivity index (χ4v) is 4.44. The van der Waals surface area contributed by atoms with Crippen LogP contribution in [0.5, 0.6) is 11.5 Å². The smallest absolute Gasteiger partial charge is 0.234 e. The second-order valence-electron chi connectivity index (χ2n) is 7.66. The van der Waals surface area contributed by atoms with E-state index in [9.17, 15) is 4.79 Å². The van der Waals surface area contributed by atoms with E-state index >= 15 is 0 Å². The molecule has 0 spiro atoms. The van der Waals surface area contributed by atoms with Crippen LogP contribution in [0.4, 0.5) is 5.69 Å². The zero-order valence-corrected chi connectivity index (χ0v) is 20.6. The van der Waals surface area contributed by atoms with Crippen molar-refractivity contribution >= 4 is 23.4 Å². The summed E-state index contributed by atoms with van der Waals surface area (Å²) in [5, 5.41) is 12.5. The van der Waals surface area contributed by atoms with Gasteiger partial charge in [-0.25, -0.2) is 0 Å². The number of hydrogen-bond acceptors (Lipinski definition) is 6. The fourth-order valence-electron chi connectivity index (χ4n) is 3.68. The Morgan fingerprint density at radius 1 is 0.943 bits per heavy atom. The lowest BCUT2D eigenvalue weighted by atomic mass is 10.1. The van der Waals surface area contributed by atoms with Gasteiger partial charge in [0, 0.05) is 6.54 Å². The molecule has 0 aliphatic rings. The summed E-state index contributed by atoms with van der Waals surface area (Å²) in [4.78, 5) is 12.7. The number of benzene rings is 3. The van der Waals surface area contributed by atoms with Crippen molar-refractivity contribution in [2.75, 3.05) is 24.8 Å². The molecule has 0 unspecified atom stereocenters. The fraction of sp³-hybridized carbons (Fsp3) is 0.222. The summed E-state index contributed by atoms with van der Waals surface area (Å²) in [6.45, 7) is 3.11. The molecule has 0 saturated heterocycles. The van der Waals surface area contributed by atoms with E-state index < -0.39 is 0 Å². The molecule has 0 aliphatic heterocycles. The molecule has 4 aromatic rings. The van der Waals surface area contributed by atoms with Crippen molar-refractivity contribution in [2.45, 2.75) is 25.0 Å². The number of carbonyl (C=O) groups excluding carboxylic acids is 1. The van der Waals surface area contributed by atoms with Gasteiger partial charge >= 0.3 is 0 Å². The third kappa shape index (κ3) is 6.22. The van der Waals surface area contributed by atoms with Crippen LogP contribution in [-0.2, 0) is 17.8 Å². The molecule has 180 valence electrons. The van der Waals surface area contributed by atoms with Crippen molar-refractivity contribution in [3.8, 4) is 22.9 Å². The molecule has 1 heterocycles. The number of thioether (sulfide) groups is 1. The second-order valence-corrected chi connectivity index (χ2v) is 8.60. The van der Waals surface area contributed by atoms with E-state index in [4.69, 9.17) is 9.47 Å². The summed E-state index contributed by atoms with van der Waals surface area (Å²) >= 11 is 1.35. The summed E-state index contributed by atoms with van der Waals surface area (Å²) < 4.78 is 13.2. The van der Waals surface area contributed by atoms with Gasteiger partial charge in [0.05, 0.1) is 30.7 Å². The Morgan fingerprint density at radius 2 is 1.66 bits per heavy atom. The number of aromatic nitrogens is 3. The predicted octanol–water partition coefficient (Wildman–Crippen LogP) is 5.33. The van der Waals surface area contributed by atoms with E-state index in [1.165, 1.54) is 17.3 Å². The number of anilines is 1. The molecule has 1 N–H and O–H groups in total. The number of methoxy groups -OCH3 is 1. The Kier molecular flexibility index (Phi) is 8.40. The molecule has 0 bridgehead atoms. The first-order valence-electron chi connectivity index (χ1n) is 11.4. The van der Waals surface area contributed by atoms with Gasteiger partial charge in [-0.2, -0.15) is 0 Å². The van der Waals surface area contributed by atoms with Gasteiger partial charge in [0.15, 0.2) is 11.0 Å². The molecule has 0 fully saturated rings. The highest BCUT2D eigenvalue weighted by atomic mass is 32.2. The number of para-hydroxylation sites is 3. The molecule has 35 heavy (non-hydrogen) atoms. The van der Waals surface area contributed by atoms with Crippen LogP contribution < -0.4 is 14.8 Å². The van der Waals surface area contributed by atoms with Gasteiger partial charge < -0.3 is 19.4 Å². The molecular formula is C27H28N4O3S. The third-order valence-corrected chi connectivity index (χ3v) is 6.29. The molecule has 3 aromatic carbocycles. The van der Waals surface area contributed by atoms with E-state index in [2.05, 4.69) is 32.2 Å². The highest BCUT2D eigenvalue weighted by Crippen LogP contribution is 2.31. The van der Waals surface area contributed by atoms with Gasteiger partial charge in [-0.3, -0.25) is 4.79 Å². The summed E-state index contributed by atoms with van der Waals surface area (Å²) in [6.07, 6.45) is 0.808. The standard InChI is InChI=1S/C27H28N4O3S/c1-3-34-24-16-10-8-14-22(24)28-25(32)19-35-27-30-29-26(21-13-7-9-15-23(21)33-2)31(27)18-17-20-11-5-4-6-12-20/h4-16H,3,17-19H2,1-2H3,(H,28,32). The zero-order chi connectivity index (χ0) is 24.5. The molecule has 0 atom stereocenters. The van der Waals surface area contributed by atoms with Gasteiger partial charge in [0.1, 0.15) is 11.5 Å². The number of hydrogen-bond donors (Lipinski definition) is 1. The number of nitrogens with one attached hydrogen (secondary N) is 1. The summed E-state index contributed by atoms with van der Waals surface area (Å²) in [5.41, 5.74) is 2.73.